The molecule has 0 aliphatic rings. The van der Waals surface area contributed by atoms with Crippen molar-refractivity contribution in [2.45, 2.75) is 13.5 Å². The topological polar surface area (TPSA) is 84.2 Å². The average molecular weight is 542 g/mol. The van der Waals surface area contributed by atoms with Gasteiger partial charge in [0.15, 0.2) is 28.8 Å². The molecule has 0 saturated carbocycles. The van der Waals surface area contributed by atoms with Crippen molar-refractivity contribution in [2.75, 3.05) is 20.8 Å². The maximum Gasteiger partial charge on any atom is 0.291 e. The molecule has 0 spiro atoms. The van der Waals surface area contributed by atoms with Crippen LogP contribution < -0.4 is 29.0 Å². The molecule has 5 rings (SSSR count). The van der Waals surface area contributed by atoms with Crippen LogP contribution in [0.15, 0.2) is 71.5 Å². The van der Waals surface area contributed by atoms with Crippen molar-refractivity contribution in [3.8, 4) is 23.0 Å². The molecule has 9 heteroatoms. The summed E-state index contributed by atoms with van der Waals surface area (Å²) in [4.78, 5) is 18.1. The van der Waals surface area contributed by atoms with Crippen LogP contribution in [0.3, 0.4) is 0 Å². The lowest BCUT2D eigenvalue weighted by atomic mass is 10.2. The van der Waals surface area contributed by atoms with E-state index in [0.717, 1.165) is 16.7 Å². The Kier molecular flexibility index (Phi) is 7.88. The molecule has 0 amide bonds. The lowest BCUT2D eigenvalue weighted by Crippen LogP contribution is -2.23. The van der Waals surface area contributed by atoms with Crippen LogP contribution in [0.25, 0.3) is 23.2 Å². The third-order valence-corrected chi connectivity index (χ3v) is 6.79. The van der Waals surface area contributed by atoms with Crippen LogP contribution in [0.5, 0.6) is 23.0 Å². The smallest absolute Gasteiger partial charge is 0.291 e. The van der Waals surface area contributed by atoms with Crippen molar-refractivity contribution in [3.63, 3.8) is 0 Å². The van der Waals surface area contributed by atoms with Gasteiger partial charge in [0.2, 0.25) is 4.96 Å². The zero-order valence-corrected chi connectivity index (χ0v) is 22.6. The third-order valence-electron chi connectivity index (χ3n) is 5.83. The molecule has 2 heterocycles. The number of benzene rings is 3. The molecule has 0 aliphatic carbocycles. The largest absolute Gasteiger partial charge is 0.493 e. The van der Waals surface area contributed by atoms with Crippen LogP contribution in [-0.4, -0.2) is 35.4 Å². The molecule has 0 N–H and O–H groups in total. The average Bonchev–Trinajstić information content (AvgIpc) is 3.50. The molecule has 0 saturated heterocycles. The molecule has 5 aromatic rings. The van der Waals surface area contributed by atoms with Gasteiger partial charge in [-0.3, -0.25) is 4.79 Å². The number of methoxy groups -OCH3 is 2. The summed E-state index contributed by atoms with van der Waals surface area (Å²) >= 11 is 1.28. The second kappa shape index (κ2) is 11.8. The summed E-state index contributed by atoms with van der Waals surface area (Å²) in [7, 11) is 3.18. The van der Waals surface area contributed by atoms with E-state index in [1.165, 1.54) is 15.9 Å². The Morgan fingerprint density at radius 1 is 0.846 bits per heavy atom. The minimum Gasteiger partial charge on any atom is -0.493 e. The zero-order valence-electron chi connectivity index (χ0n) is 21.8. The molecular formula is C30H27N3O5S. The summed E-state index contributed by atoms with van der Waals surface area (Å²) in [6.07, 6.45) is 5.42. The molecule has 0 fully saturated rings. The van der Waals surface area contributed by atoms with Crippen molar-refractivity contribution in [3.05, 3.63) is 104 Å². The summed E-state index contributed by atoms with van der Waals surface area (Å²) in [5, 5.41) is 4.38. The van der Waals surface area contributed by atoms with Gasteiger partial charge in [-0.1, -0.05) is 59.9 Å². The molecule has 0 radical (unpaired) electrons. The van der Waals surface area contributed by atoms with Crippen molar-refractivity contribution in [2.24, 2.45) is 0 Å². The Morgan fingerprint density at radius 3 is 2.33 bits per heavy atom. The molecule has 8 nitrogen and oxygen atoms in total. The molecule has 198 valence electrons. The van der Waals surface area contributed by atoms with E-state index < -0.39 is 0 Å². The lowest BCUT2D eigenvalue weighted by Gasteiger charge is -2.12. The maximum atomic E-state index is 13.0. The van der Waals surface area contributed by atoms with E-state index in [4.69, 9.17) is 18.9 Å². The van der Waals surface area contributed by atoms with Gasteiger partial charge in [0.1, 0.15) is 6.61 Å². The van der Waals surface area contributed by atoms with Gasteiger partial charge in [-0.05, 0) is 60.0 Å². The van der Waals surface area contributed by atoms with E-state index in [1.54, 1.807) is 20.3 Å². The Bertz CT molecular complexity index is 1730. The first-order valence-electron chi connectivity index (χ1n) is 12.3. The first-order valence-corrected chi connectivity index (χ1v) is 13.1. The number of ether oxygens (including phenoxy) is 4. The SMILES string of the molecule is CCOc1cc(C=c2sc3nc(C=Cc4ccc(OC)c(OC)c4)nn3c2=O)ccc1OCc1ccccc1. The number of hydrogen-bond donors (Lipinski definition) is 0. The normalized spacial score (nSPS) is 11.8. The summed E-state index contributed by atoms with van der Waals surface area (Å²) in [6.45, 7) is 2.85. The minimum atomic E-state index is -0.226. The fourth-order valence-electron chi connectivity index (χ4n) is 3.94. The Balaban J connectivity index is 1.37. The number of hydrogen-bond acceptors (Lipinski definition) is 8. The number of fused-ring (bicyclic) bond motifs is 1. The standard InChI is InChI=1S/C30H27N3O5S/c1-4-37-26-17-22(11-14-24(26)38-19-21-8-6-5-7-9-21)18-27-29(34)33-30(39-27)31-28(32-33)15-12-20-10-13-23(35-2)25(16-20)36-3/h5-18H,4,19H2,1-3H3. The van der Waals surface area contributed by atoms with Gasteiger partial charge < -0.3 is 18.9 Å². The first-order chi connectivity index (χ1) is 19.1. The van der Waals surface area contributed by atoms with E-state index in [-0.39, 0.29) is 5.56 Å². The van der Waals surface area contributed by atoms with E-state index in [2.05, 4.69) is 10.1 Å². The highest BCUT2D eigenvalue weighted by Gasteiger charge is 2.11. The predicted molar refractivity (Wildman–Crippen MR) is 153 cm³/mol. The van der Waals surface area contributed by atoms with E-state index in [1.807, 2.05) is 85.8 Å². The molecule has 0 bridgehead atoms. The van der Waals surface area contributed by atoms with Crippen LogP contribution in [-0.2, 0) is 6.61 Å². The summed E-state index contributed by atoms with van der Waals surface area (Å²) in [5.74, 6) is 2.99. The molecular weight excluding hydrogens is 514 g/mol. The first kappa shape index (κ1) is 26.0. The molecule has 2 aromatic heterocycles. The summed E-state index contributed by atoms with van der Waals surface area (Å²) in [6, 6.07) is 21.2. The fourth-order valence-corrected chi connectivity index (χ4v) is 4.85. The number of nitrogens with zero attached hydrogens (tertiary/aromatic N) is 3. The van der Waals surface area contributed by atoms with E-state index >= 15 is 0 Å². The highest BCUT2D eigenvalue weighted by Crippen LogP contribution is 2.30. The number of aromatic nitrogens is 3. The molecule has 0 unspecified atom stereocenters. The van der Waals surface area contributed by atoms with Crippen LogP contribution in [0, 0.1) is 0 Å². The van der Waals surface area contributed by atoms with Crippen molar-refractivity contribution in [1.82, 2.24) is 14.6 Å². The van der Waals surface area contributed by atoms with Crippen LogP contribution in [0.4, 0.5) is 0 Å². The highest BCUT2D eigenvalue weighted by molar-refractivity contribution is 7.15. The minimum absolute atomic E-state index is 0.226. The van der Waals surface area contributed by atoms with Gasteiger partial charge in [-0.15, -0.1) is 5.10 Å². The van der Waals surface area contributed by atoms with Crippen molar-refractivity contribution in [1.29, 1.82) is 0 Å². The fraction of sp³-hybridized carbons (Fsp3) is 0.167. The Labute approximate surface area is 229 Å². The van der Waals surface area contributed by atoms with E-state index in [0.29, 0.717) is 51.5 Å². The van der Waals surface area contributed by atoms with Gasteiger partial charge in [0, 0.05) is 0 Å². The van der Waals surface area contributed by atoms with Crippen LogP contribution in [0.2, 0.25) is 0 Å². The predicted octanol–water partition coefficient (Wildman–Crippen LogP) is 4.86. The zero-order chi connectivity index (χ0) is 27.2. The van der Waals surface area contributed by atoms with Crippen LogP contribution >= 0.6 is 11.3 Å². The lowest BCUT2D eigenvalue weighted by molar-refractivity contribution is 0.269. The van der Waals surface area contributed by atoms with Gasteiger partial charge in [0.05, 0.1) is 25.4 Å². The van der Waals surface area contributed by atoms with Crippen LogP contribution in [0.1, 0.15) is 29.4 Å². The van der Waals surface area contributed by atoms with Gasteiger partial charge in [-0.25, -0.2) is 0 Å². The highest BCUT2D eigenvalue weighted by atomic mass is 32.1. The van der Waals surface area contributed by atoms with E-state index in [9.17, 15) is 4.79 Å². The van der Waals surface area contributed by atoms with Crippen molar-refractivity contribution >= 4 is 34.5 Å². The summed E-state index contributed by atoms with van der Waals surface area (Å²) < 4.78 is 24.3. The molecule has 39 heavy (non-hydrogen) atoms. The van der Waals surface area contributed by atoms with Gasteiger partial charge in [-0.2, -0.15) is 9.50 Å². The summed E-state index contributed by atoms with van der Waals surface area (Å²) in [5.41, 5.74) is 2.55. The van der Waals surface area contributed by atoms with Gasteiger partial charge in [0.25, 0.3) is 5.56 Å². The third kappa shape index (κ3) is 5.94. The monoisotopic (exact) mass is 541 g/mol. The second-order valence-electron chi connectivity index (χ2n) is 8.44. The second-order valence-corrected chi connectivity index (χ2v) is 9.45. The Hall–Kier alpha value is -4.63. The Morgan fingerprint density at radius 2 is 1.59 bits per heavy atom. The maximum absolute atomic E-state index is 13.0. The number of rotatable bonds is 10. The van der Waals surface area contributed by atoms with Crippen molar-refractivity contribution < 1.29 is 18.9 Å². The van der Waals surface area contributed by atoms with Gasteiger partial charge >= 0.3 is 0 Å². The quantitative estimate of drug-likeness (QED) is 0.250. The molecule has 3 aromatic carbocycles. The molecule has 0 atom stereocenters. The number of thiazole rings is 1. The molecule has 0 aliphatic heterocycles.